The fourth-order valence-corrected chi connectivity index (χ4v) is 2.90. The molecular weight excluding hydrogens is 212 g/mol. The molecule has 0 aromatic heterocycles. The molecule has 2 nitrogen and oxygen atoms in total. The van der Waals surface area contributed by atoms with Crippen LogP contribution in [0.1, 0.15) is 25.0 Å². The van der Waals surface area contributed by atoms with Crippen LogP contribution in [0.15, 0.2) is 24.3 Å². The Balaban J connectivity index is 2.37. The number of hydrogen-bond donors (Lipinski definition) is 1. The highest BCUT2D eigenvalue weighted by atomic mass is 16.5. The van der Waals surface area contributed by atoms with Crippen molar-refractivity contribution in [3.63, 3.8) is 0 Å². The van der Waals surface area contributed by atoms with Gasteiger partial charge in [-0.2, -0.15) is 0 Å². The molecule has 0 radical (unpaired) electrons. The fraction of sp³-hybridized carbons (Fsp3) is 0.600. The lowest BCUT2D eigenvalue weighted by Crippen LogP contribution is -2.55. The molecule has 1 atom stereocenters. The van der Waals surface area contributed by atoms with Gasteiger partial charge in [0.15, 0.2) is 0 Å². The molecule has 1 unspecified atom stereocenters. The summed E-state index contributed by atoms with van der Waals surface area (Å²) in [4.78, 5) is 0. The first-order valence-corrected chi connectivity index (χ1v) is 6.36. The van der Waals surface area contributed by atoms with Crippen LogP contribution < -0.4 is 0 Å². The second-order valence-electron chi connectivity index (χ2n) is 5.55. The maximum atomic E-state index is 9.67. The quantitative estimate of drug-likeness (QED) is 0.867. The molecule has 0 aliphatic carbocycles. The molecule has 1 N–H and O–H groups in total. The zero-order valence-electron chi connectivity index (χ0n) is 10.9. The number of aliphatic hydroxyl groups is 1. The van der Waals surface area contributed by atoms with E-state index >= 15 is 0 Å². The lowest BCUT2D eigenvalue weighted by atomic mass is 9.65. The minimum absolute atomic E-state index is 0.0228. The molecule has 0 amide bonds. The van der Waals surface area contributed by atoms with Gasteiger partial charge in [-0.15, -0.1) is 0 Å². The molecule has 1 fully saturated rings. The molecule has 0 bridgehead atoms. The predicted octanol–water partition coefficient (Wildman–Crippen LogP) is 2.53. The summed E-state index contributed by atoms with van der Waals surface area (Å²) in [6, 6.07) is 8.60. The molecule has 17 heavy (non-hydrogen) atoms. The van der Waals surface area contributed by atoms with Crippen molar-refractivity contribution in [1.29, 1.82) is 0 Å². The van der Waals surface area contributed by atoms with E-state index in [1.807, 2.05) is 0 Å². The van der Waals surface area contributed by atoms with Crippen molar-refractivity contribution in [2.75, 3.05) is 19.8 Å². The molecule has 1 heterocycles. The van der Waals surface area contributed by atoms with E-state index in [2.05, 4.69) is 45.0 Å². The average molecular weight is 234 g/mol. The largest absolute Gasteiger partial charge is 0.396 e. The summed E-state index contributed by atoms with van der Waals surface area (Å²) in [5.74, 6) is 0.738. The van der Waals surface area contributed by atoms with Gasteiger partial charge in [-0.05, 0) is 24.3 Å². The van der Waals surface area contributed by atoms with E-state index in [9.17, 15) is 5.11 Å². The molecule has 94 valence electrons. The standard InChI is InChI=1S/C15H22O2/c1-11(2)14(8-16)15(9-17-10-15)13-6-4-5-12(3)7-13/h4-7,11,14,16H,8-10H2,1-3H3. The number of aryl methyl sites for hydroxylation is 1. The Hall–Kier alpha value is -0.860. The van der Waals surface area contributed by atoms with E-state index in [1.54, 1.807) is 0 Å². The van der Waals surface area contributed by atoms with Crippen LogP contribution in [-0.2, 0) is 10.2 Å². The van der Waals surface area contributed by atoms with Crippen molar-refractivity contribution in [3.8, 4) is 0 Å². The van der Waals surface area contributed by atoms with Gasteiger partial charge in [0.05, 0.1) is 13.2 Å². The maximum absolute atomic E-state index is 9.67. The lowest BCUT2D eigenvalue weighted by molar-refractivity contribution is -0.111. The minimum Gasteiger partial charge on any atom is -0.396 e. The van der Waals surface area contributed by atoms with Crippen molar-refractivity contribution >= 4 is 0 Å². The van der Waals surface area contributed by atoms with Crippen molar-refractivity contribution in [3.05, 3.63) is 35.4 Å². The van der Waals surface area contributed by atoms with Gasteiger partial charge in [0.25, 0.3) is 0 Å². The second-order valence-corrected chi connectivity index (χ2v) is 5.55. The molecule has 1 saturated heterocycles. The summed E-state index contributed by atoms with van der Waals surface area (Å²) in [6.45, 7) is 8.17. The zero-order chi connectivity index (χ0) is 12.5. The monoisotopic (exact) mass is 234 g/mol. The third kappa shape index (κ3) is 2.12. The summed E-state index contributed by atoms with van der Waals surface area (Å²) in [7, 11) is 0. The van der Waals surface area contributed by atoms with Gasteiger partial charge < -0.3 is 9.84 Å². The van der Waals surface area contributed by atoms with Crippen LogP contribution in [0.4, 0.5) is 0 Å². The first kappa shape index (κ1) is 12.6. The average Bonchev–Trinajstić information content (AvgIpc) is 2.22. The van der Waals surface area contributed by atoms with Crippen LogP contribution in [-0.4, -0.2) is 24.9 Å². The Bertz CT molecular complexity index is 380. The number of hydrogen-bond acceptors (Lipinski definition) is 2. The number of ether oxygens (including phenoxy) is 1. The SMILES string of the molecule is Cc1cccc(C2(C(CO)C(C)C)COC2)c1. The Labute approximate surface area is 104 Å². The third-order valence-corrected chi connectivity index (χ3v) is 4.02. The fourth-order valence-electron chi connectivity index (χ4n) is 2.90. The predicted molar refractivity (Wildman–Crippen MR) is 69.1 cm³/mol. The minimum atomic E-state index is 0.0228. The van der Waals surface area contributed by atoms with Crippen LogP contribution in [0.3, 0.4) is 0 Å². The van der Waals surface area contributed by atoms with Gasteiger partial charge in [0.2, 0.25) is 0 Å². The van der Waals surface area contributed by atoms with Gasteiger partial charge in [-0.25, -0.2) is 0 Å². The first-order valence-electron chi connectivity index (χ1n) is 6.36. The third-order valence-electron chi connectivity index (χ3n) is 4.02. The summed E-state index contributed by atoms with van der Waals surface area (Å²) in [5, 5.41) is 9.67. The van der Waals surface area contributed by atoms with Crippen molar-refractivity contribution in [2.45, 2.75) is 26.2 Å². The molecule has 2 rings (SSSR count). The summed E-state index contributed by atoms with van der Waals surface area (Å²) < 4.78 is 5.45. The molecule has 1 aliphatic heterocycles. The molecule has 1 aromatic rings. The molecular formula is C15H22O2. The van der Waals surface area contributed by atoms with Gasteiger partial charge in [0, 0.05) is 12.0 Å². The van der Waals surface area contributed by atoms with Gasteiger partial charge in [-0.1, -0.05) is 43.7 Å². The van der Waals surface area contributed by atoms with Crippen LogP contribution in [0.5, 0.6) is 0 Å². The van der Waals surface area contributed by atoms with E-state index in [-0.39, 0.29) is 17.9 Å². The number of aliphatic hydroxyl groups excluding tert-OH is 1. The number of rotatable bonds is 4. The first-order chi connectivity index (χ1) is 8.10. The van der Waals surface area contributed by atoms with Gasteiger partial charge >= 0.3 is 0 Å². The molecule has 1 aliphatic rings. The Morgan fingerprint density at radius 2 is 2.06 bits per heavy atom. The van der Waals surface area contributed by atoms with Crippen LogP contribution in [0.25, 0.3) is 0 Å². The summed E-state index contributed by atoms with van der Waals surface area (Å²) in [6.07, 6.45) is 0. The highest BCUT2D eigenvalue weighted by molar-refractivity contribution is 5.33. The zero-order valence-corrected chi connectivity index (χ0v) is 10.9. The van der Waals surface area contributed by atoms with E-state index in [4.69, 9.17) is 4.74 Å². The van der Waals surface area contributed by atoms with Crippen LogP contribution >= 0.6 is 0 Å². The lowest BCUT2D eigenvalue weighted by Gasteiger charge is -2.49. The van der Waals surface area contributed by atoms with Crippen molar-refractivity contribution in [2.24, 2.45) is 11.8 Å². The smallest absolute Gasteiger partial charge is 0.0589 e. The summed E-state index contributed by atoms with van der Waals surface area (Å²) in [5.41, 5.74) is 2.61. The molecule has 2 heteroatoms. The molecule has 0 saturated carbocycles. The van der Waals surface area contributed by atoms with Crippen molar-refractivity contribution in [1.82, 2.24) is 0 Å². The molecule has 1 aromatic carbocycles. The number of benzene rings is 1. The van der Waals surface area contributed by atoms with Crippen molar-refractivity contribution < 1.29 is 9.84 Å². The van der Waals surface area contributed by atoms with E-state index in [0.717, 1.165) is 13.2 Å². The highest BCUT2D eigenvalue weighted by Crippen LogP contribution is 2.42. The highest BCUT2D eigenvalue weighted by Gasteiger charge is 2.47. The van der Waals surface area contributed by atoms with Crippen LogP contribution in [0, 0.1) is 18.8 Å². The van der Waals surface area contributed by atoms with E-state index in [1.165, 1.54) is 11.1 Å². The maximum Gasteiger partial charge on any atom is 0.0589 e. The Morgan fingerprint density at radius 3 is 2.47 bits per heavy atom. The van der Waals surface area contributed by atoms with Gasteiger partial charge in [0.1, 0.15) is 0 Å². The second kappa shape index (κ2) is 4.79. The normalized spacial score (nSPS) is 20.1. The topological polar surface area (TPSA) is 29.5 Å². The van der Waals surface area contributed by atoms with E-state index < -0.39 is 0 Å². The molecule has 0 spiro atoms. The Morgan fingerprint density at radius 1 is 1.35 bits per heavy atom. The Kier molecular flexibility index (Phi) is 3.55. The summed E-state index contributed by atoms with van der Waals surface area (Å²) >= 11 is 0. The van der Waals surface area contributed by atoms with E-state index in [0.29, 0.717) is 5.92 Å². The van der Waals surface area contributed by atoms with Gasteiger partial charge in [-0.3, -0.25) is 0 Å². The van der Waals surface area contributed by atoms with Crippen LogP contribution in [0.2, 0.25) is 0 Å².